The molecule has 0 bridgehead atoms. The zero-order valence-electron chi connectivity index (χ0n) is 18.1. The second kappa shape index (κ2) is 9.84. The molecule has 0 spiro atoms. The first kappa shape index (κ1) is 23.1. The number of hydrogen-bond donors (Lipinski definition) is 1. The number of carbonyl (C=O) groups is 2. The lowest BCUT2D eigenvalue weighted by atomic mass is 10.1. The quantitative estimate of drug-likeness (QED) is 0.551. The fraction of sp³-hybridized carbons (Fsp3) is 0.250. The SMILES string of the molecule is Cc1cn([C@H]2OC(COC(=O)c3ccccc3)[C@@H](OC(=O)c3ccccc3)[C@H]2F)c(=O)[nH]c1=O. The maximum absolute atomic E-state index is 15.5. The van der Waals surface area contributed by atoms with Gasteiger partial charge >= 0.3 is 17.6 Å². The highest BCUT2D eigenvalue weighted by Crippen LogP contribution is 2.34. The van der Waals surface area contributed by atoms with Gasteiger partial charge in [-0.15, -0.1) is 0 Å². The monoisotopic (exact) mass is 468 g/mol. The predicted octanol–water partition coefficient (Wildman–Crippen LogP) is 2.16. The summed E-state index contributed by atoms with van der Waals surface area (Å²) in [7, 11) is 0. The van der Waals surface area contributed by atoms with E-state index in [1.807, 2.05) is 0 Å². The van der Waals surface area contributed by atoms with E-state index in [1.54, 1.807) is 48.5 Å². The summed E-state index contributed by atoms with van der Waals surface area (Å²) in [6.07, 6.45) is -5.04. The summed E-state index contributed by atoms with van der Waals surface area (Å²) < 4.78 is 32.7. The standard InChI is InChI=1S/C24H21FN2O7/c1-14-12-27(24(31)26-20(14)28)21-18(25)19(34-23(30)16-10-6-3-7-11-16)17(33-21)13-32-22(29)15-8-4-2-5-9-15/h2-12,17-19,21H,13H2,1H3,(H,26,28,31)/t17?,18-,19-,21+/m1/s1. The first-order valence-electron chi connectivity index (χ1n) is 10.4. The number of aryl methyl sites for hydroxylation is 1. The van der Waals surface area contributed by atoms with Crippen LogP contribution in [0, 0.1) is 6.92 Å². The molecule has 10 heteroatoms. The van der Waals surface area contributed by atoms with Crippen LogP contribution in [-0.4, -0.2) is 46.5 Å². The molecule has 2 heterocycles. The van der Waals surface area contributed by atoms with E-state index >= 15 is 4.39 Å². The van der Waals surface area contributed by atoms with Gasteiger partial charge in [0.05, 0.1) is 11.1 Å². The Bertz CT molecular complexity index is 1290. The lowest BCUT2D eigenvalue weighted by Crippen LogP contribution is -2.38. The third-order valence-corrected chi connectivity index (χ3v) is 5.33. The van der Waals surface area contributed by atoms with Crippen LogP contribution in [0.1, 0.15) is 32.5 Å². The van der Waals surface area contributed by atoms with Crippen LogP contribution in [-0.2, 0) is 14.2 Å². The van der Waals surface area contributed by atoms with Crippen LogP contribution in [0.15, 0.2) is 76.4 Å². The number of halogens is 1. The van der Waals surface area contributed by atoms with E-state index in [9.17, 15) is 19.2 Å². The molecule has 4 atom stereocenters. The van der Waals surface area contributed by atoms with Gasteiger partial charge in [-0.2, -0.15) is 0 Å². The van der Waals surface area contributed by atoms with Gasteiger partial charge in [-0.3, -0.25) is 14.3 Å². The Balaban J connectivity index is 1.59. The molecule has 176 valence electrons. The van der Waals surface area contributed by atoms with Crippen LogP contribution in [0.5, 0.6) is 0 Å². The maximum atomic E-state index is 15.5. The van der Waals surface area contributed by atoms with Gasteiger partial charge in [0, 0.05) is 11.8 Å². The van der Waals surface area contributed by atoms with Crippen molar-refractivity contribution < 1.29 is 28.2 Å². The van der Waals surface area contributed by atoms with Crippen LogP contribution in [0.3, 0.4) is 0 Å². The van der Waals surface area contributed by atoms with Crippen LogP contribution in [0.2, 0.25) is 0 Å². The second-order valence-corrected chi connectivity index (χ2v) is 7.69. The van der Waals surface area contributed by atoms with Crippen molar-refractivity contribution in [3.63, 3.8) is 0 Å². The van der Waals surface area contributed by atoms with Crippen molar-refractivity contribution in [1.29, 1.82) is 0 Å². The number of ether oxygens (including phenoxy) is 3. The molecule has 9 nitrogen and oxygen atoms in total. The number of hydrogen-bond acceptors (Lipinski definition) is 7. The van der Waals surface area contributed by atoms with Crippen molar-refractivity contribution in [2.24, 2.45) is 0 Å². The molecule has 2 aromatic carbocycles. The molecule has 0 radical (unpaired) electrons. The van der Waals surface area contributed by atoms with Crippen LogP contribution >= 0.6 is 0 Å². The molecule has 1 unspecified atom stereocenters. The van der Waals surface area contributed by atoms with E-state index in [4.69, 9.17) is 14.2 Å². The van der Waals surface area contributed by atoms with Gasteiger partial charge in [0.1, 0.15) is 12.7 Å². The zero-order chi connectivity index (χ0) is 24.2. The van der Waals surface area contributed by atoms with Gasteiger partial charge in [-0.25, -0.2) is 18.8 Å². The molecule has 0 saturated carbocycles. The summed E-state index contributed by atoms with van der Waals surface area (Å²) in [6, 6.07) is 16.1. The van der Waals surface area contributed by atoms with E-state index in [2.05, 4.69) is 4.98 Å². The lowest BCUT2D eigenvalue weighted by Gasteiger charge is -2.19. The van der Waals surface area contributed by atoms with Gasteiger partial charge in [0.25, 0.3) is 5.56 Å². The molecular weight excluding hydrogens is 447 g/mol. The number of esters is 2. The molecule has 1 aliphatic heterocycles. The Morgan fingerprint density at radius 1 is 1.00 bits per heavy atom. The summed E-state index contributed by atoms with van der Waals surface area (Å²) in [5.74, 6) is -1.48. The number of carbonyl (C=O) groups excluding carboxylic acids is 2. The summed E-state index contributed by atoms with van der Waals surface area (Å²) in [5.41, 5.74) is -0.880. The van der Waals surface area contributed by atoms with Gasteiger partial charge in [0.2, 0.25) is 0 Å². The molecule has 1 aliphatic rings. The summed E-state index contributed by atoms with van der Waals surface area (Å²) in [4.78, 5) is 51.0. The van der Waals surface area contributed by atoms with E-state index in [-0.39, 0.29) is 16.7 Å². The number of benzene rings is 2. The van der Waals surface area contributed by atoms with E-state index in [0.29, 0.717) is 0 Å². The third kappa shape index (κ3) is 4.81. The van der Waals surface area contributed by atoms with Crippen molar-refractivity contribution >= 4 is 11.9 Å². The number of nitrogens with zero attached hydrogens (tertiary/aromatic N) is 1. The molecule has 1 aromatic heterocycles. The molecule has 4 rings (SSSR count). The average Bonchev–Trinajstić information content (AvgIpc) is 3.15. The fourth-order valence-electron chi connectivity index (χ4n) is 3.55. The number of nitrogens with one attached hydrogen (secondary N) is 1. The fourth-order valence-corrected chi connectivity index (χ4v) is 3.55. The normalized spacial score (nSPS) is 21.7. The molecule has 34 heavy (non-hydrogen) atoms. The van der Waals surface area contributed by atoms with E-state index < -0.39 is 54.4 Å². The molecular formula is C24H21FN2O7. The smallest absolute Gasteiger partial charge is 0.338 e. The minimum absolute atomic E-state index is 0.159. The molecule has 1 fully saturated rings. The number of H-pyrrole nitrogens is 1. The van der Waals surface area contributed by atoms with Crippen LogP contribution in [0.4, 0.5) is 4.39 Å². The Hall–Kier alpha value is -4.05. The van der Waals surface area contributed by atoms with Crippen molar-refractivity contribution in [2.75, 3.05) is 6.61 Å². The van der Waals surface area contributed by atoms with E-state index in [1.165, 1.54) is 19.1 Å². The van der Waals surface area contributed by atoms with Crippen LogP contribution in [0.25, 0.3) is 0 Å². The Kier molecular flexibility index (Phi) is 6.69. The first-order chi connectivity index (χ1) is 16.3. The Labute approximate surface area is 192 Å². The molecule has 3 aromatic rings. The molecule has 1 saturated heterocycles. The topological polar surface area (TPSA) is 117 Å². The van der Waals surface area contributed by atoms with E-state index in [0.717, 1.165) is 10.8 Å². The third-order valence-electron chi connectivity index (χ3n) is 5.33. The first-order valence-corrected chi connectivity index (χ1v) is 10.4. The molecule has 0 amide bonds. The highest BCUT2D eigenvalue weighted by atomic mass is 19.1. The minimum Gasteiger partial charge on any atom is -0.459 e. The highest BCUT2D eigenvalue weighted by Gasteiger charge is 2.49. The van der Waals surface area contributed by atoms with Crippen molar-refractivity contribution in [3.8, 4) is 0 Å². The number of aromatic amines is 1. The van der Waals surface area contributed by atoms with Gasteiger partial charge < -0.3 is 14.2 Å². The van der Waals surface area contributed by atoms with Gasteiger partial charge in [-0.05, 0) is 31.2 Å². The van der Waals surface area contributed by atoms with Gasteiger partial charge in [0.15, 0.2) is 18.5 Å². The maximum Gasteiger partial charge on any atom is 0.338 e. The minimum atomic E-state index is -1.99. The second-order valence-electron chi connectivity index (χ2n) is 7.69. The highest BCUT2D eigenvalue weighted by molar-refractivity contribution is 5.90. The van der Waals surface area contributed by atoms with Crippen molar-refractivity contribution in [2.45, 2.75) is 31.5 Å². The Morgan fingerprint density at radius 3 is 2.21 bits per heavy atom. The number of alkyl halides is 1. The average molecular weight is 468 g/mol. The summed E-state index contributed by atoms with van der Waals surface area (Å²) >= 11 is 0. The number of rotatable bonds is 6. The van der Waals surface area contributed by atoms with Crippen molar-refractivity contribution in [3.05, 3.63) is 104 Å². The van der Waals surface area contributed by atoms with Gasteiger partial charge in [-0.1, -0.05) is 36.4 Å². The molecule has 1 N–H and O–H groups in total. The lowest BCUT2D eigenvalue weighted by molar-refractivity contribution is -0.0592. The predicted molar refractivity (Wildman–Crippen MR) is 117 cm³/mol. The van der Waals surface area contributed by atoms with Crippen LogP contribution < -0.4 is 11.2 Å². The summed E-state index contributed by atoms with van der Waals surface area (Å²) in [5, 5.41) is 0. The van der Waals surface area contributed by atoms with Crippen molar-refractivity contribution in [1.82, 2.24) is 9.55 Å². The largest absolute Gasteiger partial charge is 0.459 e. The Morgan fingerprint density at radius 2 is 1.59 bits per heavy atom. The summed E-state index contributed by atoms with van der Waals surface area (Å²) in [6.45, 7) is 1.01. The number of aromatic nitrogens is 2. The zero-order valence-corrected chi connectivity index (χ0v) is 18.1. The molecule has 0 aliphatic carbocycles.